The molecule has 0 aromatic heterocycles. The van der Waals surface area contributed by atoms with Gasteiger partial charge in [0.2, 0.25) is 0 Å². The maximum absolute atomic E-state index is 10.2. The van der Waals surface area contributed by atoms with Crippen LogP contribution in [-0.2, 0) is 5.60 Å². The van der Waals surface area contributed by atoms with Gasteiger partial charge in [0.25, 0.3) is 0 Å². The summed E-state index contributed by atoms with van der Waals surface area (Å²) in [5, 5.41) is 13.9. The van der Waals surface area contributed by atoms with E-state index in [0.29, 0.717) is 23.7 Å². The topological polar surface area (TPSA) is 58.3 Å². The summed E-state index contributed by atoms with van der Waals surface area (Å²) >= 11 is 5.81. The number of anilines is 1. The van der Waals surface area contributed by atoms with E-state index in [1.165, 1.54) is 0 Å². The molecule has 1 heterocycles. The summed E-state index contributed by atoms with van der Waals surface area (Å²) in [6, 6.07) is 5.30. The van der Waals surface area contributed by atoms with Crippen LogP contribution in [0.2, 0.25) is 5.02 Å². The third kappa shape index (κ3) is 1.59. The van der Waals surface area contributed by atoms with Crippen molar-refractivity contribution < 1.29 is 5.11 Å². The van der Waals surface area contributed by atoms with Gasteiger partial charge in [0, 0.05) is 6.54 Å². The van der Waals surface area contributed by atoms with Crippen molar-refractivity contribution in [2.24, 2.45) is 0 Å². The molecule has 1 atom stereocenters. The molecule has 0 amide bonds. The molecule has 0 aliphatic carbocycles. The number of aliphatic hydroxyl groups is 1. The van der Waals surface area contributed by atoms with E-state index in [0.717, 1.165) is 12.1 Å². The number of hydrogen-bond acceptors (Lipinski definition) is 3. The largest absolute Gasteiger partial charge is 0.398 e. The van der Waals surface area contributed by atoms with Gasteiger partial charge in [-0.15, -0.1) is 0 Å². The van der Waals surface area contributed by atoms with Crippen LogP contribution in [0.15, 0.2) is 18.2 Å². The lowest BCUT2D eigenvalue weighted by Gasteiger charge is -2.22. The SMILES string of the molecule is Nc1cc(C2(O)CCNC2)ccc1Cl. The first-order chi connectivity index (χ1) is 6.62. The van der Waals surface area contributed by atoms with Crippen molar-refractivity contribution in [3.8, 4) is 0 Å². The van der Waals surface area contributed by atoms with Gasteiger partial charge < -0.3 is 16.2 Å². The Hall–Kier alpha value is -0.770. The molecule has 0 spiro atoms. The van der Waals surface area contributed by atoms with Gasteiger partial charge >= 0.3 is 0 Å². The molecule has 4 N–H and O–H groups in total. The fourth-order valence-corrected chi connectivity index (χ4v) is 1.88. The number of halogens is 1. The Morgan fingerprint density at radius 3 is 2.86 bits per heavy atom. The molecule has 4 heteroatoms. The number of β-amino-alcohol motifs (C(OH)–C–C–N with tert-alkyl or cyclic N) is 1. The summed E-state index contributed by atoms with van der Waals surface area (Å²) < 4.78 is 0. The van der Waals surface area contributed by atoms with Gasteiger partial charge in [0.1, 0.15) is 5.60 Å². The molecule has 0 bridgehead atoms. The molecular weight excluding hydrogens is 200 g/mol. The van der Waals surface area contributed by atoms with Crippen molar-refractivity contribution >= 4 is 17.3 Å². The van der Waals surface area contributed by atoms with E-state index in [-0.39, 0.29) is 0 Å². The first-order valence-corrected chi connectivity index (χ1v) is 4.98. The summed E-state index contributed by atoms with van der Waals surface area (Å²) in [4.78, 5) is 0. The fourth-order valence-electron chi connectivity index (χ4n) is 1.76. The number of nitrogen functional groups attached to an aromatic ring is 1. The van der Waals surface area contributed by atoms with Crippen molar-refractivity contribution in [3.63, 3.8) is 0 Å². The monoisotopic (exact) mass is 212 g/mol. The van der Waals surface area contributed by atoms with E-state index in [9.17, 15) is 5.11 Å². The first kappa shape index (κ1) is 9.77. The molecule has 1 unspecified atom stereocenters. The Labute approximate surface area is 87.9 Å². The fraction of sp³-hybridized carbons (Fsp3) is 0.400. The summed E-state index contributed by atoms with van der Waals surface area (Å²) in [5.74, 6) is 0. The highest BCUT2D eigenvalue weighted by molar-refractivity contribution is 6.33. The highest BCUT2D eigenvalue weighted by Crippen LogP contribution is 2.31. The van der Waals surface area contributed by atoms with E-state index < -0.39 is 5.60 Å². The van der Waals surface area contributed by atoms with Gasteiger partial charge in [-0.3, -0.25) is 0 Å². The van der Waals surface area contributed by atoms with Crippen molar-refractivity contribution in [2.45, 2.75) is 12.0 Å². The molecule has 0 radical (unpaired) electrons. The number of nitrogens with one attached hydrogen (secondary N) is 1. The Morgan fingerprint density at radius 1 is 1.50 bits per heavy atom. The quantitative estimate of drug-likeness (QED) is 0.612. The number of rotatable bonds is 1. The van der Waals surface area contributed by atoms with E-state index in [2.05, 4.69) is 5.32 Å². The van der Waals surface area contributed by atoms with Gasteiger partial charge in [-0.2, -0.15) is 0 Å². The average molecular weight is 213 g/mol. The minimum Gasteiger partial charge on any atom is -0.398 e. The lowest BCUT2D eigenvalue weighted by atomic mass is 9.93. The molecule has 14 heavy (non-hydrogen) atoms. The van der Waals surface area contributed by atoms with Crippen LogP contribution in [0.1, 0.15) is 12.0 Å². The molecule has 2 rings (SSSR count). The van der Waals surface area contributed by atoms with Crippen molar-refractivity contribution in [1.82, 2.24) is 5.32 Å². The number of nitrogens with two attached hydrogens (primary N) is 1. The van der Waals surface area contributed by atoms with Crippen LogP contribution in [0.25, 0.3) is 0 Å². The maximum atomic E-state index is 10.2. The predicted molar refractivity (Wildman–Crippen MR) is 57.2 cm³/mol. The molecule has 76 valence electrons. The highest BCUT2D eigenvalue weighted by atomic mass is 35.5. The maximum Gasteiger partial charge on any atom is 0.103 e. The summed E-state index contributed by atoms with van der Waals surface area (Å²) in [6.45, 7) is 1.41. The van der Waals surface area contributed by atoms with E-state index in [1.807, 2.05) is 6.07 Å². The van der Waals surface area contributed by atoms with Crippen molar-refractivity contribution in [1.29, 1.82) is 0 Å². The molecule has 1 aromatic rings. The first-order valence-electron chi connectivity index (χ1n) is 4.60. The van der Waals surface area contributed by atoms with Crippen LogP contribution < -0.4 is 11.1 Å². The van der Waals surface area contributed by atoms with E-state index in [1.54, 1.807) is 12.1 Å². The minimum absolute atomic E-state index is 0.518. The molecule has 1 aromatic carbocycles. The van der Waals surface area contributed by atoms with Gasteiger partial charge in [-0.1, -0.05) is 17.7 Å². The van der Waals surface area contributed by atoms with E-state index >= 15 is 0 Å². The van der Waals surface area contributed by atoms with Gasteiger partial charge in [0.15, 0.2) is 0 Å². The standard InChI is InChI=1S/C10H13ClN2O/c11-8-2-1-7(5-9(8)12)10(14)3-4-13-6-10/h1-2,5,13-14H,3-4,6,12H2. The van der Waals surface area contributed by atoms with Gasteiger partial charge in [-0.05, 0) is 30.7 Å². The lowest BCUT2D eigenvalue weighted by molar-refractivity contribution is 0.0588. The van der Waals surface area contributed by atoms with Gasteiger partial charge in [0.05, 0.1) is 10.7 Å². The Balaban J connectivity index is 2.36. The van der Waals surface area contributed by atoms with E-state index in [4.69, 9.17) is 17.3 Å². The van der Waals surface area contributed by atoms with Crippen molar-refractivity contribution in [3.05, 3.63) is 28.8 Å². The number of benzene rings is 1. The van der Waals surface area contributed by atoms with Gasteiger partial charge in [-0.25, -0.2) is 0 Å². The molecule has 1 aliphatic heterocycles. The second-order valence-electron chi connectivity index (χ2n) is 3.69. The Bertz CT molecular complexity index is 348. The van der Waals surface area contributed by atoms with Crippen LogP contribution >= 0.6 is 11.6 Å². The normalized spacial score (nSPS) is 26.7. The highest BCUT2D eigenvalue weighted by Gasteiger charge is 2.33. The minimum atomic E-state index is -0.779. The number of hydrogen-bond donors (Lipinski definition) is 3. The summed E-state index contributed by atoms with van der Waals surface area (Å²) in [6.07, 6.45) is 0.716. The Kier molecular flexibility index (Phi) is 2.39. The second-order valence-corrected chi connectivity index (χ2v) is 4.10. The predicted octanol–water partition coefficient (Wildman–Crippen LogP) is 1.10. The van der Waals surface area contributed by atoms with Crippen molar-refractivity contribution in [2.75, 3.05) is 18.8 Å². The van der Waals surface area contributed by atoms with Crippen LogP contribution in [0.4, 0.5) is 5.69 Å². The molecular formula is C10H13ClN2O. The molecule has 0 saturated carbocycles. The van der Waals surface area contributed by atoms with Crippen LogP contribution in [0.5, 0.6) is 0 Å². The molecule has 1 aliphatic rings. The third-order valence-corrected chi connectivity index (χ3v) is 3.01. The van der Waals surface area contributed by atoms with Crippen LogP contribution in [0, 0.1) is 0 Å². The zero-order valence-corrected chi connectivity index (χ0v) is 8.51. The zero-order valence-electron chi connectivity index (χ0n) is 7.76. The summed E-state index contributed by atoms with van der Waals surface area (Å²) in [7, 11) is 0. The third-order valence-electron chi connectivity index (χ3n) is 2.67. The molecule has 1 fully saturated rings. The summed E-state index contributed by atoms with van der Waals surface area (Å²) in [5.41, 5.74) is 6.26. The van der Waals surface area contributed by atoms with Crippen LogP contribution in [-0.4, -0.2) is 18.2 Å². The molecule has 3 nitrogen and oxygen atoms in total. The second kappa shape index (κ2) is 3.42. The van der Waals surface area contributed by atoms with Crippen LogP contribution in [0.3, 0.4) is 0 Å². The average Bonchev–Trinajstić information content (AvgIpc) is 2.58. The lowest BCUT2D eigenvalue weighted by Crippen LogP contribution is -2.28. The Morgan fingerprint density at radius 2 is 2.29 bits per heavy atom. The smallest absolute Gasteiger partial charge is 0.103 e. The molecule has 1 saturated heterocycles. The zero-order chi connectivity index (χ0) is 10.2.